The van der Waals surface area contributed by atoms with Gasteiger partial charge in [-0.25, -0.2) is 4.79 Å². The Bertz CT molecular complexity index is 687. The predicted molar refractivity (Wildman–Crippen MR) is 82.0 cm³/mol. The van der Waals surface area contributed by atoms with E-state index >= 15 is 0 Å². The monoisotopic (exact) mass is 303 g/mol. The summed E-state index contributed by atoms with van der Waals surface area (Å²) in [6.07, 6.45) is 0.867. The predicted octanol–water partition coefficient (Wildman–Crippen LogP) is 3.96. The third kappa shape index (κ3) is 2.67. The Morgan fingerprint density at radius 2 is 2.00 bits per heavy atom. The lowest BCUT2D eigenvalue weighted by atomic mass is 10.1. The van der Waals surface area contributed by atoms with Crippen LogP contribution in [0.1, 0.15) is 16.8 Å². The third-order valence-corrected chi connectivity index (χ3v) is 3.73. The molecule has 0 fully saturated rings. The van der Waals surface area contributed by atoms with Crippen molar-refractivity contribution in [3.63, 3.8) is 0 Å². The highest BCUT2D eigenvalue weighted by Crippen LogP contribution is 2.39. The second-order valence-electron chi connectivity index (χ2n) is 4.79. The SMILES string of the molecule is O=C(O)c1ccc(N2CCCOc3ccccc32)c(Cl)c1. The number of para-hydroxylation sites is 2. The average molecular weight is 304 g/mol. The van der Waals surface area contributed by atoms with Crippen LogP contribution < -0.4 is 9.64 Å². The van der Waals surface area contributed by atoms with E-state index in [-0.39, 0.29) is 5.56 Å². The Morgan fingerprint density at radius 3 is 2.76 bits per heavy atom. The zero-order valence-electron chi connectivity index (χ0n) is 11.3. The quantitative estimate of drug-likeness (QED) is 0.912. The first-order valence-corrected chi connectivity index (χ1v) is 7.07. The molecule has 2 aromatic carbocycles. The van der Waals surface area contributed by atoms with Crippen molar-refractivity contribution in [3.05, 3.63) is 53.1 Å². The summed E-state index contributed by atoms with van der Waals surface area (Å²) in [6.45, 7) is 1.42. The highest BCUT2D eigenvalue weighted by Gasteiger charge is 2.20. The molecule has 0 atom stereocenters. The minimum atomic E-state index is -0.983. The summed E-state index contributed by atoms with van der Waals surface area (Å²) >= 11 is 6.28. The summed E-state index contributed by atoms with van der Waals surface area (Å²) < 4.78 is 5.72. The average Bonchev–Trinajstić information content (AvgIpc) is 2.69. The number of rotatable bonds is 2. The van der Waals surface area contributed by atoms with Gasteiger partial charge in [0.1, 0.15) is 5.75 Å². The normalized spacial score (nSPS) is 14.0. The van der Waals surface area contributed by atoms with Crippen LogP contribution >= 0.6 is 11.6 Å². The zero-order valence-corrected chi connectivity index (χ0v) is 12.0. The Kier molecular flexibility index (Phi) is 3.71. The minimum Gasteiger partial charge on any atom is -0.491 e. The third-order valence-electron chi connectivity index (χ3n) is 3.43. The summed E-state index contributed by atoms with van der Waals surface area (Å²) in [5, 5.41) is 9.44. The molecule has 1 heterocycles. The van der Waals surface area contributed by atoms with Gasteiger partial charge in [0.05, 0.1) is 28.6 Å². The number of benzene rings is 2. The van der Waals surface area contributed by atoms with Gasteiger partial charge in [-0.15, -0.1) is 0 Å². The Morgan fingerprint density at radius 1 is 1.19 bits per heavy atom. The van der Waals surface area contributed by atoms with E-state index in [2.05, 4.69) is 4.90 Å². The van der Waals surface area contributed by atoms with E-state index in [0.29, 0.717) is 11.6 Å². The highest BCUT2D eigenvalue weighted by atomic mass is 35.5. The molecule has 0 bridgehead atoms. The van der Waals surface area contributed by atoms with Gasteiger partial charge in [-0.05, 0) is 36.8 Å². The molecule has 0 aromatic heterocycles. The number of carboxylic acids is 1. The van der Waals surface area contributed by atoms with E-state index < -0.39 is 5.97 Å². The molecule has 1 aliphatic rings. The number of hydrogen-bond acceptors (Lipinski definition) is 3. The van der Waals surface area contributed by atoms with E-state index in [1.165, 1.54) is 6.07 Å². The second-order valence-corrected chi connectivity index (χ2v) is 5.20. The second kappa shape index (κ2) is 5.66. The van der Waals surface area contributed by atoms with Crippen molar-refractivity contribution < 1.29 is 14.6 Å². The van der Waals surface area contributed by atoms with E-state index in [9.17, 15) is 4.79 Å². The van der Waals surface area contributed by atoms with Crippen molar-refractivity contribution >= 4 is 28.9 Å². The maximum absolute atomic E-state index is 11.0. The maximum Gasteiger partial charge on any atom is 0.335 e. The lowest BCUT2D eigenvalue weighted by Crippen LogP contribution is -2.18. The van der Waals surface area contributed by atoms with Crippen molar-refractivity contribution in [3.8, 4) is 5.75 Å². The van der Waals surface area contributed by atoms with Crippen molar-refractivity contribution in [1.29, 1.82) is 0 Å². The van der Waals surface area contributed by atoms with Crippen LogP contribution in [0.3, 0.4) is 0 Å². The number of nitrogens with zero attached hydrogens (tertiary/aromatic N) is 1. The van der Waals surface area contributed by atoms with Crippen molar-refractivity contribution in [2.24, 2.45) is 0 Å². The van der Waals surface area contributed by atoms with Gasteiger partial charge < -0.3 is 14.7 Å². The van der Waals surface area contributed by atoms with Crippen LogP contribution in [0.4, 0.5) is 11.4 Å². The molecule has 2 aromatic rings. The van der Waals surface area contributed by atoms with Crippen LogP contribution in [0, 0.1) is 0 Å². The lowest BCUT2D eigenvalue weighted by molar-refractivity contribution is 0.0697. The molecule has 0 saturated carbocycles. The molecule has 4 nitrogen and oxygen atoms in total. The number of carbonyl (C=O) groups is 1. The molecule has 0 spiro atoms. The molecule has 5 heteroatoms. The number of carboxylic acid groups (broad SMARTS) is 1. The van der Waals surface area contributed by atoms with Gasteiger partial charge in [0.25, 0.3) is 0 Å². The molecular formula is C16H14ClNO3. The van der Waals surface area contributed by atoms with Crippen LogP contribution in [0.25, 0.3) is 0 Å². The number of hydrogen-bond donors (Lipinski definition) is 1. The minimum absolute atomic E-state index is 0.183. The first-order chi connectivity index (χ1) is 10.2. The molecule has 0 amide bonds. The molecule has 1 N–H and O–H groups in total. The smallest absolute Gasteiger partial charge is 0.335 e. The molecular weight excluding hydrogens is 290 g/mol. The van der Waals surface area contributed by atoms with Gasteiger partial charge in [-0.1, -0.05) is 23.7 Å². The Balaban J connectivity index is 2.06. The molecule has 1 aliphatic heterocycles. The number of aromatic carboxylic acids is 1. The fraction of sp³-hybridized carbons (Fsp3) is 0.188. The zero-order chi connectivity index (χ0) is 14.8. The molecule has 0 radical (unpaired) electrons. The summed E-state index contributed by atoms with van der Waals surface area (Å²) in [6, 6.07) is 12.6. The molecule has 3 rings (SSSR count). The number of halogens is 1. The van der Waals surface area contributed by atoms with Crippen LogP contribution in [0.15, 0.2) is 42.5 Å². The van der Waals surface area contributed by atoms with Crippen molar-refractivity contribution in [2.45, 2.75) is 6.42 Å². The fourth-order valence-corrected chi connectivity index (χ4v) is 2.72. The largest absolute Gasteiger partial charge is 0.491 e. The summed E-state index contributed by atoms with van der Waals surface area (Å²) in [5.41, 5.74) is 1.92. The molecule has 0 saturated heterocycles. The van der Waals surface area contributed by atoms with Crippen molar-refractivity contribution in [1.82, 2.24) is 0 Å². The lowest BCUT2D eigenvalue weighted by Gasteiger charge is -2.25. The van der Waals surface area contributed by atoms with Crippen LogP contribution in [-0.2, 0) is 0 Å². The number of ether oxygens (including phenoxy) is 1. The fourth-order valence-electron chi connectivity index (χ4n) is 2.44. The van der Waals surface area contributed by atoms with Crippen molar-refractivity contribution in [2.75, 3.05) is 18.1 Å². The molecule has 0 unspecified atom stereocenters. The Labute approximate surface area is 127 Å². The number of fused-ring (bicyclic) bond motifs is 1. The first-order valence-electron chi connectivity index (χ1n) is 6.69. The summed E-state index contributed by atoms with van der Waals surface area (Å²) in [5.74, 6) is -0.170. The van der Waals surface area contributed by atoms with E-state index in [1.807, 2.05) is 24.3 Å². The standard InChI is InChI=1S/C16H14ClNO3/c17-12-10-11(16(19)20)6-7-13(12)18-8-3-9-21-15-5-2-1-4-14(15)18/h1-2,4-7,10H,3,8-9H2,(H,19,20). The van der Waals surface area contributed by atoms with Crippen LogP contribution in [0.5, 0.6) is 5.75 Å². The van der Waals surface area contributed by atoms with Gasteiger partial charge in [0, 0.05) is 6.54 Å². The number of anilines is 2. The first kappa shape index (κ1) is 13.8. The summed E-state index contributed by atoms with van der Waals surface area (Å²) in [4.78, 5) is 13.1. The highest BCUT2D eigenvalue weighted by molar-refractivity contribution is 6.33. The van der Waals surface area contributed by atoms with Gasteiger partial charge in [-0.2, -0.15) is 0 Å². The molecule has 108 valence electrons. The van der Waals surface area contributed by atoms with Gasteiger partial charge in [0.15, 0.2) is 0 Å². The van der Waals surface area contributed by atoms with Crippen LogP contribution in [0.2, 0.25) is 5.02 Å². The topological polar surface area (TPSA) is 49.8 Å². The summed E-state index contributed by atoms with van der Waals surface area (Å²) in [7, 11) is 0. The van der Waals surface area contributed by atoms with Crippen LogP contribution in [-0.4, -0.2) is 24.2 Å². The molecule has 0 aliphatic carbocycles. The van der Waals surface area contributed by atoms with E-state index in [1.54, 1.807) is 12.1 Å². The van der Waals surface area contributed by atoms with E-state index in [4.69, 9.17) is 21.4 Å². The van der Waals surface area contributed by atoms with Gasteiger partial charge in [0.2, 0.25) is 0 Å². The maximum atomic E-state index is 11.0. The van der Waals surface area contributed by atoms with Gasteiger partial charge >= 0.3 is 5.97 Å². The molecule has 21 heavy (non-hydrogen) atoms. The van der Waals surface area contributed by atoms with E-state index in [0.717, 1.165) is 30.1 Å². The van der Waals surface area contributed by atoms with Gasteiger partial charge in [-0.3, -0.25) is 0 Å². The Hall–Kier alpha value is -2.20.